The highest BCUT2D eigenvalue weighted by molar-refractivity contribution is 7.89. The van der Waals surface area contributed by atoms with Gasteiger partial charge in [-0.05, 0) is 60.2 Å². The third kappa shape index (κ3) is 7.94. The predicted octanol–water partition coefficient (Wildman–Crippen LogP) is 4.08. The first-order valence-corrected chi connectivity index (χ1v) is 13.9. The Labute approximate surface area is 274 Å². The van der Waals surface area contributed by atoms with Crippen LogP contribution in [0.1, 0.15) is 40.0 Å². The topological polar surface area (TPSA) is 135 Å². The zero-order chi connectivity index (χ0) is 45.4. The zero-order valence-electron chi connectivity index (χ0n) is 37.7. The van der Waals surface area contributed by atoms with E-state index in [9.17, 15) is 42.1 Å². The number of rotatable bonds is 13. The van der Waals surface area contributed by atoms with Crippen LogP contribution in [0.4, 0.5) is 18.0 Å². The van der Waals surface area contributed by atoms with Gasteiger partial charge in [-0.25, -0.2) is 13.2 Å². The molecule has 2 aromatic carbocycles. The van der Waals surface area contributed by atoms with Gasteiger partial charge in [0.25, 0.3) is 0 Å². The van der Waals surface area contributed by atoms with Gasteiger partial charge in [0.1, 0.15) is 11.5 Å². The average Bonchev–Trinajstić information content (AvgIpc) is 3.70. The summed E-state index contributed by atoms with van der Waals surface area (Å²) in [5, 5.41) is 23.0. The van der Waals surface area contributed by atoms with Crippen molar-refractivity contribution >= 4 is 16.1 Å². The monoisotopic (exact) mass is 659 g/mol. The number of carboxylic acid groups (broad SMARTS) is 1. The van der Waals surface area contributed by atoms with Gasteiger partial charge in [0.15, 0.2) is 0 Å². The fraction of sp³-hybridized carbons (Fsp3) is 0.483. The Morgan fingerprint density at radius 2 is 1.93 bits per heavy atom. The molecule has 2 aromatic rings. The molecule has 2 aliphatic rings. The minimum absolute atomic E-state index is 0.284. The van der Waals surface area contributed by atoms with Gasteiger partial charge in [-0.1, -0.05) is 25.9 Å². The summed E-state index contributed by atoms with van der Waals surface area (Å²) in [6.07, 6.45) is -16.3. The Morgan fingerprint density at radius 1 is 1.23 bits per heavy atom. The molecule has 2 N–H and O–H groups in total. The van der Waals surface area contributed by atoms with E-state index in [2.05, 4.69) is 9.47 Å². The van der Waals surface area contributed by atoms with Gasteiger partial charge in [0.2, 0.25) is 16.3 Å². The quantitative estimate of drug-likeness (QED) is 0.326. The summed E-state index contributed by atoms with van der Waals surface area (Å²) in [4.78, 5) is 11.6. The van der Waals surface area contributed by atoms with Crippen LogP contribution >= 0.6 is 0 Å². The molecule has 4 rings (SSSR count). The van der Waals surface area contributed by atoms with Gasteiger partial charge < -0.3 is 29.2 Å². The van der Waals surface area contributed by atoms with E-state index in [-0.39, 0.29) is 17.0 Å². The molecular weight excluding hydrogens is 609 g/mol. The maximum absolute atomic E-state index is 14.4. The number of nitrogens with zero attached hydrogens (tertiary/aromatic N) is 2. The van der Waals surface area contributed by atoms with Crippen molar-refractivity contribution in [2.24, 2.45) is 11.8 Å². The molecule has 242 valence electrons. The molecule has 1 fully saturated rings. The Morgan fingerprint density at radius 3 is 2.57 bits per heavy atom. The zero-order valence-corrected chi connectivity index (χ0v) is 23.5. The van der Waals surface area contributed by atoms with Crippen molar-refractivity contribution in [3.63, 3.8) is 0 Å². The normalized spacial score (nSPS) is 28.5. The summed E-state index contributed by atoms with van der Waals surface area (Å²) in [6.45, 7) is -4.06. The van der Waals surface area contributed by atoms with Gasteiger partial charge in [-0.2, -0.15) is 4.31 Å². The van der Waals surface area contributed by atoms with Crippen LogP contribution in [0.5, 0.6) is 11.5 Å². The smallest absolute Gasteiger partial charge is 0.497 e. The van der Waals surface area contributed by atoms with Crippen LogP contribution in [0.3, 0.4) is 0 Å². The molecule has 44 heavy (non-hydrogen) atoms. The van der Waals surface area contributed by atoms with Crippen LogP contribution in [0.25, 0.3) is 0 Å². The Balaban J connectivity index is 2.11. The van der Waals surface area contributed by atoms with Crippen molar-refractivity contribution in [1.29, 1.82) is 0 Å². The minimum atomic E-state index is -5.85. The number of fused-ring (bicyclic) bond motifs is 1. The molecule has 2 aliphatic heterocycles. The van der Waals surface area contributed by atoms with Gasteiger partial charge >= 0.3 is 12.5 Å². The summed E-state index contributed by atoms with van der Waals surface area (Å²) >= 11 is 0. The van der Waals surface area contributed by atoms with E-state index in [1.54, 1.807) is 0 Å². The van der Waals surface area contributed by atoms with Crippen LogP contribution in [-0.4, -0.2) is 91.4 Å². The number of sulfonamides is 1. The largest absolute Gasteiger partial charge is 0.573 e. The summed E-state index contributed by atoms with van der Waals surface area (Å²) in [5.41, 5.74) is -1.67. The van der Waals surface area contributed by atoms with Crippen molar-refractivity contribution in [3.05, 3.63) is 66.3 Å². The fourth-order valence-corrected chi connectivity index (χ4v) is 5.45. The van der Waals surface area contributed by atoms with Crippen LogP contribution < -0.4 is 9.47 Å². The first-order chi connectivity index (χ1) is 26.6. The highest BCUT2D eigenvalue weighted by Gasteiger charge is 2.48. The lowest BCUT2D eigenvalue weighted by Crippen LogP contribution is -2.57. The molecule has 15 heteroatoms. The summed E-state index contributed by atoms with van der Waals surface area (Å²) in [5.74, 6) is -5.04. The molecule has 0 saturated carbocycles. The van der Waals surface area contributed by atoms with Crippen molar-refractivity contribution in [3.8, 4) is 11.5 Å². The van der Waals surface area contributed by atoms with Crippen LogP contribution in [-0.2, 0) is 25.9 Å². The van der Waals surface area contributed by atoms with Gasteiger partial charge in [0, 0.05) is 18.5 Å². The van der Waals surface area contributed by atoms with E-state index in [4.69, 9.17) is 24.6 Å². The maximum atomic E-state index is 14.4. The van der Waals surface area contributed by atoms with E-state index < -0.39 is 154 Å². The fourth-order valence-electron chi connectivity index (χ4n) is 4.09. The Bertz CT molecular complexity index is 2100. The molecule has 0 spiro atoms. The second kappa shape index (κ2) is 13.6. The van der Waals surface area contributed by atoms with Gasteiger partial charge in [-0.15, -0.1) is 13.2 Å². The minimum Gasteiger partial charge on any atom is -0.497 e. The molecule has 5 atom stereocenters. The van der Waals surface area contributed by atoms with Crippen molar-refractivity contribution < 1.29 is 76.1 Å². The molecule has 1 unspecified atom stereocenters. The second-order valence-electron chi connectivity index (χ2n) is 9.49. The third-order valence-electron chi connectivity index (χ3n) is 5.90. The third-order valence-corrected chi connectivity index (χ3v) is 7.52. The standard InChI is InChI=1S/C29H35F3N2O9S/c1-18(2)15-33(44(38,39)22-10-8-21(9-11-22)43-29(30,31)32)16-26(35)24(14-19-4-6-20(40-3)7-5-19)34(28(36)37)25-17-42-27-23(25)12-13-41-27/h4-13,18,23-27,35H,14-17H2,1-3H3,(H,36,37)/t23-,24-,25?,26+,27-/m0/s1/i3D3,4D,5D,6D,7D,8D,10D,14D2,16D2,24D,26D. The number of ether oxygens (including phenoxy) is 4. The molecule has 11 nitrogen and oxygen atoms in total. The first kappa shape index (κ1) is 18.4. The lowest BCUT2D eigenvalue weighted by atomic mass is 9.94. The maximum Gasteiger partial charge on any atom is 0.573 e. The molecule has 2 heterocycles. The molecule has 0 aliphatic carbocycles. The summed E-state index contributed by atoms with van der Waals surface area (Å²) in [6, 6.07) is -15.0. The SMILES string of the molecule is [2H]c1c(OC(F)(F)F)ccc(S(=O)(=O)N(CC(C)C)C([2H])([2H])[C@@]([2H])(O)[C@@]([2H])(N(C(=O)O)C2CO[C@@H]3OC=C[C@@H]23)C([2H])([2H])c2c([2H])c([2H])c(OC([2H])([2H])[2H])c([2H])c2[2H])c1[2H]. The lowest BCUT2D eigenvalue weighted by molar-refractivity contribution is -0.274. The van der Waals surface area contributed by atoms with Gasteiger partial charge in [0.05, 0.1) is 63.9 Å². The molecular formula is C29H35F3N2O9S. The predicted molar refractivity (Wildman–Crippen MR) is 150 cm³/mol. The Kier molecular flexibility index (Phi) is 5.71. The number of halogens is 3. The summed E-state index contributed by atoms with van der Waals surface area (Å²) in [7, 11) is -9.27. The molecule has 1 saturated heterocycles. The lowest BCUT2D eigenvalue weighted by Gasteiger charge is -2.39. The van der Waals surface area contributed by atoms with E-state index in [0.717, 1.165) is 12.3 Å². The summed E-state index contributed by atoms with van der Waals surface area (Å²) < 4.78 is 214. The van der Waals surface area contributed by atoms with Gasteiger partial charge in [-0.3, -0.25) is 4.90 Å². The second-order valence-corrected chi connectivity index (χ2v) is 11.3. The highest BCUT2D eigenvalue weighted by atomic mass is 32.2. The number of benzene rings is 2. The number of carbonyl (C=O) groups is 1. The molecule has 0 radical (unpaired) electrons. The number of alkyl halides is 3. The highest BCUT2D eigenvalue weighted by Crippen LogP contribution is 2.35. The van der Waals surface area contributed by atoms with Crippen molar-refractivity contribution in [2.45, 2.75) is 55.9 Å². The van der Waals surface area contributed by atoms with Crippen LogP contribution in [0.2, 0.25) is 0 Å². The van der Waals surface area contributed by atoms with Crippen molar-refractivity contribution in [2.75, 3.05) is 26.7 Å². The number of aliphatic hydroxyl groups is 1. The van der Waals surface area contributed by atoms with E-state index in [1.807, 2.05) is 0 Å². The van der Waals surface area contributed by atoms with Crippen molar-refractivity contribution in [1.82, 2.24) is 9.21 Å². The van der Waals surface area contributed by atoms with Crippen LogP contribution in [0.15, 0.2) is 65.6 Å². The molecule has 0 bridgehead atoms. The van der Waals surface area contributed by atoms with Crippen LogP contribution in [0, 0.1) is 11.8 Å². The number of methoxy groups -OCH3 is 1. The number of amides is 1. The first-order valence-electron chi connectivity index (χ1n) is 20.0. The number of hydrogen-bond donors (Lipinski definition) is 2. The molecule has 0 aromatic heterocycles. The Hall–Kier alpha value is -3.53. The van der Waals surface area contributed by atoms with E-state index in [1.165, 1.54) is 13.8 Å². The molecule has 1 amide bonds. The number of hydrogen-bond acceptors (Lipinski definition) is 8. The van der Waals surface area contributed by atoms with E-state index >= 15 is 0 Å². The van der Waals surface area contributed by atoms with E-state index in [0.29, 0.717) is 0 Å². The average molecular weight is 660 g/mol.